The van der Waals surface area contributed by atoms with Crippen LogP contribution < -0.4 is 0 Å². The van der Waals surface area contributed by atoms with Gasteiger partial charge in [-0.2, -0.15) is 0 Å². The molecule has 0 aliphatic rings. The molecule has 0 aromatic heterocycles. The maximum absolute atomic E-state index is 6.24. The Balaban J connectivity index is 4.06. The number of rotatable bonds is 0. The fourth-order valence-electron chi connectivity index (χ4n) is 0. The zero-order valence-electron chi connectivity index (χ0n) is 2.09. The quantitative estimate of drug-likeness (QED) is 0.544. The first kappa shape index (κ1) is 5.69. The van der Waals surface area contributed by atoms with E-state index in [0.717, 1.165) is 0 Å². The van der Waals surface area contributed by atoms with Crippen molar-refractivity contribution in [1.82, 2.24) is 0 Å². The number of halogens is 2. The molecule has 0 aromatic carbocycles. The third kappa shape index (κ3) is 71.8. The summed E-state index contributed by atoms with van der Waals surface area (Å²) in [6.07, 6.45) is 0. The van der Waals surface area contributed by atoms with E-state index in [0.29, 0.717) is 0 Å². The molecule has 0 aromatic rings. The van der Waals surface area contributed by atoms with Crippen LogP contribution in [-0.2, 0) is 10.4 Å². The average molecular weight is 160 g/mol. The molecular weight excluding hydrogens is 158 g/mol. The molecule has 2 nitrogen and oxygen atoms in total. The Morgan fingerprint density at radius 3 is 1.20 bits per heavy atom. The molecule has 5 heavy (non-hydrogen) atoms. The molecule has 0 rings (SSSR count). The van der Waals surface area contributed by atoms with Crippen molar-refractivity contribution in [3.8, 4) is 0 Å². The van der Waals surface area contributed by atoms with E-state index in [1.165, 1.54) is 0 Å². The first-order valence-corrected chi connectivity index (χ1v) is 4.49. The Hall–Kier alpha value is 0.686. The molecule has 0 fully saturated rings. The molecule has 0 amide bonds. The van der Waals surface area contributed by atoms with Gasteiger partial charge in [-0.25, -0.2) is 0 Å². The van der Waals surface area contributed by atoms with Gasteiger partial charge in [0.1, 0.15) is 0 Å². The Labute approximate surface area is 39.9 Å². The van der Waals surface area contributed by atoms with E-state index in [1.807, 2.05) is 0 Å². The van der Waals surface area contributed by atoms with Gasteiger partial charge >= 0.3 is 39.5 Å². The summed E-state index contributed by atoms with van der Waals surface area (Å²) in [5.74, 6) is 0. The van der Waals surface area contributed by atoms with Gasteiger partial charge in [0.05, 0.1) is 0 Å². The van der Waals surface area contributed by atoms with Crippen molar-refractivity contribution in [2.45, 2.75) is 0 Å². The summed E-state index contributed by atoms with van der Waals surface area (Å²) in [4.78, 5) is 0. The third-order valence-corrected chi connectivity index (χ3v) is 0. The normalized spacial score (nSPS) is 14.8. The van der Waals surface area contributed by atoms with E-state index >= 15 is 0 Å². The van der Waals surface area contributed by atoms with Crippen LogP contribution in [0.5, 0.6) is 0 Å². The molecule has 0 heterocycles. The average Bonchev–Trinajstić information content (AvgIpc) is 0.722. The SMILES string of the molecule is [NH]=[Co](=[NH])([Cl])[Cl]. The Kier molecular flexibility index (Phi) is 1.62. The molecule has 5 heteroatoms. The predicted octanol–water partition coefficient (Wildman–Crippen LogP) is 1.97. The second-order valence-corrected chi connectivity index (χ2v) is 5.23. The predicted molar refractivity (Wildman–Crippen MR) is 17.1 cm³/mol. The summed E-state index contributed by atoms with van der Waals surface area (Å²) >= 11 is 0. The van der Waals surface area contributed by atoms with Crippen LogP contribution in [0.25, 0.3) is 0 Å². The minimum absolute atomic E-state index is 2.93. The summed E-state index contributed by atoms with van der Waals surface area (Å²) in [5, 5.41) is 0. The van der Waals surface area contributed by atoms with Crippen molar-refractivity contribution in [1.29, 1.82) is 8.82 Å². The molecule has 0 aliphatic carbocycles. The topological polar surface area (TPSA) is 47.7 Å². The van der Waals surface area contributed by atoms with E-state index in [1.54, 1.807) is 0 Å². The van der Waals surface area contributed by atoms with Crippen LogP contribution in [0.3, 0.4) is 0 Å². The van der Waals surface area contributed by atoms with E-state index < -0.39 is 10.4 Å². The first-order chi connectivity index (χ1) is 2.00. The van der Waals surface area contributed by atoms with Crippen LogP contribution in [-0.4, -0.2) is 0 Å². The van der Waals surface area contributed by atoms with E-state index in [9.17, 15) is 0 Å². The van der Waals surface area contributed by atoms with Crippen LogP contribution in [0, 0.1) is 8.82 Å². The summed E-state index contributed by atoms with van der Waals surface area (Å²) in [5.41, 5.74) is 0. The zero-order chi connectivity index (χ0) is 4.50. The Morgan fingerprint density at radius 2 is 1.20 bits per heavy atom. The molecule has 0 unspecified atom stereocenters. The summed E-state index contributed by atoms with van der Waals surface area (Å²) in [6.45, 7) is 0. The fraction of sp³-hybridized carbons (Fsp3) is 0. The summed E-state index contributed by atoms with van der Waals surface area (Å²) < 4.78 is 12.5. The van der Waals surface area contributed by atoms with Gasteiger partial charge in [-0.3, -0.25) is 0 Å². The number of nitrogens with one attached hydrogen (secondary N) is 2. The van der Waals surface area contributed by atoms with E-state index in [2.05, 4.69) is 0 Å². The van der Waals surface area contributed by atoms with Crippen molar-refractivity contribution >= 4 is 20.3 Å². The second kappa shape index (κ2) is 1.42. The number of hydrogen-bond acceptors (Lipinski definition) is 2. The molecule has 0 spiro atoms. The summed E-state index contributed by atoms with van der Waals surface area (Å²) in [7, 11) is 6.55. The second-order valence-electron chi connectivity index (χ2n) is 0.383. The molecule has 0 saturated carbocycles. The van der Waals surface area contributed by atoms with Crippen molar-refractivity contribution < 1.29 is 10.4 Å². The molecule has 35 valence electrons. The molecule has 0 bridgehead atoms. The number of hydrogen-bond donors (Lipinski definition) is 2. The van der Waals surface area contributed by atoms with Crippen LogP contribution >= 0.6 is 20.3 Å². The molecule has 2 N–H and O–H groups in total. The van der Waals surface area contributed by atoms with E-state index in [4.69, 9.17) is 29.1 Å². The van der Waals surface area contributed by atoms with Crippen molar-refractivity contribution in [3.05, 3.63) is 0 Å². The first-order valence-electron chi connectivity index (χ1n) is 0.585. The van der Waals surface area contributed by atoms with Gasteiger partial charge in [-0.1, -0.05) is 0 Å². The third-order valence-electron chi connectivity index (χ3n) is 0. The standard InChI is InChI=1S/2ClH.Co.2HN/h2*1H;;2*1H/q;;+2;;/p-2. The van der Waals surface area contributed by atoms with Crippen LogP contribution in [0.2, 0.25) is 0 Å². The van der Waals surface area contributed by atoms with Gasteiger partial charge in [0.25, 0.3) is 0 Å². The van der Waals surface area contributed by atoms with Crippen molar-refractivity contribution in [2.75, 3.05) is 0 Å². The van der Waals surface area contributed by atoms with Gasteiger partial charge in [-0.15, -0.1) is 0 Å². The van der Waals surface area contributed by atoms with Gasteiger partial charge in [-0.05, 0) is 0 Å². The van der Waals surface area contributed by atoms with Crippen LogP contribution in [0.4, 0.5) is 0 Å². The Bertz CT molecular complexity index is 90.8. The van der Waals surface area contributed by atoms with E-state index in [-0.39, 0.29) is 0 Å². The molecule has 0 radical (unpaired) electrons. The monoisotopic (exact) mass is 159 g/mol. The van der Waals surface area contributed by atoms with Gasteiger partial charge in [0.15, 0.2) is 0 Å². The van der Waals surface area contributed by atoms with Gasteiger partial charge in [0, 0.05) is 0 Å². The fourth-order valence-corrected chi connectivity index (χ4v) is 0. The minimum atomic E-state index is -2.93. The van der Waals surface area contributed by atoms with Crippen LogP contribution in [0.15, 0.2) is 0 Å². The molecular formula is H2Cl2CoN2. The van der Waals surface area contributed by atoms with Gasteiger partial charge < -0.3 is 0 Å². The van der Waals surface area contributed by atoms with Crippen molar-refractivity contribution in [2.24, 2.45) is 0 Å². The molecule has 0 saturated heterocycles. The maximum atomic E-state index is 6.24. The molecule has 0 atom stereocenters. The van der Waals surface area contributed by atoms with Crippen LogP contribution in [0.1, 0.15) is 0 Å². The van der Waals surface area contributed by atoms with Gasteiger partial charge in [0.2, 0.25) is 0 Å². The van der Waals surface area contributed by atoms with Crippen molar-refractivity contribution in [3.63, 3.8) is 0 Å². The zero-order valence-corrected chi connectivity index (χ0v) is 4.64. The Morgan fingerprint density at radius 1 is 1.20 bits per heavy atom. The summed E-state index contributed by atoms with van der Waals surface area (Å²) in [6, 6.07) is 0. The molecule has 0 aliphatic heterocycles.